The maximum Gasteiger partial charge on any atom is 0.352 e. The van der Waals surface area contributed by atoms with Crippen LogP contribution in [-0.2, 0) is 24.1 Å². The van der Waals surface area contributed by atoms with E-state index in [1.165, 1.54) is 7.11 Å². The molecule has 7 N–H and O–H groups in total. The molecule has 2 atom stereocenters. The molecule has 2 amide bonds. The number of thioether (sulfide) groups is 2. The number of β-lactam (4-membered cyclic amide) rings is 1. The van der Waals surface area contributed by atoms with Gasteiger partial charge in [0.05, 0.1) is 17.5 Å². The first-order chi connectivity index (χ1) is 17.6. The van der Waals surface area contributed by atoms with Gasteiger partial charge in [0.2, 0.25) is 5.91 Å². The Kier molecular flexibility index (Phi) is 7.23. The van der Waals surface area contributed by atoms with E-state index in [0.29, 0.717) is 0 Å². The van der Waals surface area contributed by atoms with Gasteiger partial charge in [0.25, 0.3) is 5.91 Å². The Morgan fingerprint density at radius 2 is 2.11 bits per heavy atom. The van der Waals surface area contributed by atoms with Crippen molar-refractivity contribution < 1.29 is 34.2 Å². The summed E-state index contributed by atoms with van der Waals surface area (Å²) in [5, 5.41) is 26.7. The van der Waals surface area contributed by atoms with Crippen molar-refractivity contribution in [2.45, 2.75) is 21.8 Å². The van der Waals surface area contributed by atoms with Crippen molar-refractivity contribution in [2.75, 3.05) is 24.3 Å². The van der Waals surface area contributed by atoms with Gasteiger partial charge in [-0.25, -0.2) is 24.5 Å². The fourth-order valence-electron chi connectivity index (χ4n) is 3.63. The van der Waals surface area contributed by atoms with Gasteiger partial charge in [-0.3, -0.25) is 14.5 Å². The number of anilines is 2. The molecule has 194 valence electrons. The molecule has 0 spiro atoms. The third kappa shape index (κ3) is 4.89. The van der Waals surface area contributed by atoms with Gasteiger partial charge >= 0.3 is 11.9 Å². The Hall–Kier alpha value is -3.90. The number of carboxylic acids is 2. The van der Waals surface area contributed by atoms with Crippen LogP contribution >= 0.6 is 34.9 Å². The number of aromatic carboxylic acids is 1. The van der Waals surface area contributed by atoms with Gasteiger partial charge in [-0.1, -0.05) is 28.7 Å². The molecule has 0 saturated carbocycles. The highest BCUT2D eigenvalue weighted by molar-refractivity contribution is 8.01. The number of hydrogen-bond acceptors (Lipinski definition) is 14. The second-order valence-electron chi connectivity index (χ2n) is 7.38. The van der Waals surface area contributed by atoms with E-state index in [-0.39, 0.29) is 50.8 Å². The Morgan fingerprint density at radius 1 is 1.35 bits per heavy atom. The monoisotopic (exact) mass is 566 g/mol. The number of carbonyl (C=O) groups excluding carboxylic acids is 2. The Bertz CT molecular complexity index is 1360. The minimum atomic E-state index is -1.57. The van der Waals surface area contributed by atoms with Crippen LogP contribution in [0.4, 0.5) is 10.9 Å². The number of carbonyl (C=O) groups is 4. The van der Waals surface area contributed by atoms with Crippen LogP contribution in [-0.4, -0.2) is 78.3 Å². The number of amides is 2. The molecule has 0 radical (unpaired) electrons. The van der Waals surface area contributed by atoms with Crippen molar-refractivity contribution in [3.05, 3.63) is 34.1 Å². The number of aromatic nitrogens is 3. The number of nitrogen functional groups attached to an aromatic ring is 2. The number of fused-ring (bicyclic) bond motifs is 1. The number of nitrogens with one attached hydrogen (secondary N) is 1. The molecule has 4 rings (SSSR count). The predicted octanol–water partition coefficient (Wildman–Crippen LogP) is 0.133. The number of thiazole rings is 1. The minimum absolute atomic E-state index is 0.0424. The average molecular weight is 567 g/mol. The third-order valence-corrected chi connectivity index (χ3v) is 8.32. The molecule has 2 aliphatic heterocycles. The van der Waals surface area contributed by atoms with E-state index in [1.54, 1.807) is 5.38 Å². The zero-order chi connectivity index (χ0) is 26.9. The molecule has 1 fully saturated rings. The molecule has 0 aliphatic carbocycles. The second-order valence-corrected chi connectivity index (χ2v) is 10.6. The normalized spacial score (nSPS) is 20.9. The Balaban J connectivity index is 1.84. The molecule has 0 bridgehead atoms. The minimum Gasteiger partial charge on any atom is -0.477 e. The van der Waals surface area contributed by atoms with Crippen molar-refractivity contribution >= 4 is 75.8 Å². The second kappa shape index (κ2) is 10.2. The molecular formula is C19H18N8O7S3. The van der Waals surface area contributed by atoms with Gasteiger partial charge in [0.1, 0.15) is 30.4 Å². The molecule has 18 heteroatoms. The smallest absolute Gasteiger partial charge is 0.352 e. The molecular weight excluding hydrogens is 548 g/mol. The molecule has 0 aromatic carbocycles. The molecule has 1 unspecified atom stereocenters. The number of nitrogens with two attached hydrogens (primary N) is 2. The van der Waals surface area contributed by atoms with Crippen LogP contribution in [0.15, 0.2) is 33.2 Å². The van der Waals surface area contributed by atoms with E-state index in [9.17, 15) is 24.3 Å². The summed E-state index contributed by atoms with van der Waals surface area (Å²) < 4.78 is 0. The van der Waals surface area contributed by atoms with E-state index in [4.69, 9.17) is 16.6 Å². The van der Waals surface area contributed by atoms with Crippen LogP contribution in [0.2, 0.25) is 0 Å². The molecule has 4 heterocycles. The van der Waals surface area contributed by atoms with E-state index >= 15 is 0 Å². The van der Waals surface area contributed by atoms with Crippen molar-refractivity contribution in [3.8, 4) is 0 Å². The highest BCUT2D eigenvalue weighted by Crippen LogP contribution is 2.54. The lowest BCUT2D eigenvalue weighted by Crippen LogP contribution is -2.61. The summed E-state index contributed by atoms with van der Waals surface area (Å²) in [6.07, 6.45) is 1.94. The van der Waals surface area contributed by atoms with Crippen LogP contribution in [0, 0.1) is 0 Å². The van der Waals surface area contributed by atoms with Crippen LogP contribution in [0.3, 0.4) is 0 Å². The molecule has 2 aromatic heterocycles. The van der Waals surface area contributed by atoms with Gasteiger partial charge in [-0.05, 0) is 0 Å². The summed E-state index contributed by atoms with van der Waals surface area (Å²) in [5.74, 6) is -4.27. The summed E-state index contributed by atoms with van der Waals surface area (Å²) in [6.45, 7) is 0. The van der Waals surface area contributed by atoms with Crippen molar-refractivity contribution in [2.24, 2.45) is 5.16 Å². The van der Waals surface area contributed by atoms with Gasteiger partial charge in [-0.15, -0.1) is 11.3 Å². The van der Waals surface area contributed by atoms with Crippen molar-refractivity contribution in [3.63, 3.8) is 0 Å². The number of aliphatic carboxylic acids is 1. The van der Waals surface area contributed by atoms with Crippen LogP contribution in [0.5, 0.6) is 0 Å². The van der Waals surface area contributed by atoms with Gasteiger partial charge in [0, 0.05) is 22.9 Å². The fourth-order valence-corrected chi connectivity index (χ4v) is 6.98. The lowest BCUT2D eigenvalue weighted by molar-refractivity contribution is -0.146. The standard InChI is InChI=1S/C19H18N8O7S3/c1-34-23-4-10(28)26-19(9-6-35-17(21)24-9)8(13(16(32)33)27-11(29)2-12(27)37-19)5-36-18-22-3-7(15(30)31)14(20)25-18/h3-4,6,12H,2,5H2,1H3,(H2,21,24)(H,26,28)(H,30,31)(H,32,33)(H2,20,22,25)/t12-,19?/m0/s1. The third-order valence-electron chi connectivity index (χ3n) is 5.20. The Labute approximate surface area is 220 Å². The van der Waals surface area contributed by atoms with E-state index in [2.05, 4.69) is 30.3 Å². The highest BCUT2D eigenvalue weighted by Gasteiger charge is 2.56. The summed E-state index contributed by atoms with van der Waals surface area (Å²) in [7, 11) is 1.25. The zero-order valence-corrected chi connectivity index (χ0v) is 21.2. The Morgan fingerprint density at radius 3 is 2.68 bits per heavy atom. The van der Waals surface area contributed by atoms with Crippen molar-refractivity contribution in [1.82, 2.24) is 25.2 Å². The lowest BCUT2D eigenvalue weighted by atomic mass is 9.98. The first-order valence-electron chi connectivity index (χ1n) is 10.1. The first-order valence-corrected chi connectivity index (χ1v) is 12.9. The molecule has 2 aliphatic rings. The summed E-state index contributed by atoms with van der Waals surface area (Å²) in [6, 6.07) is 0. The predicted molar refractivity (Wildman–Crippen MR) is 133 cm³/mol. The van der Waals surface area contributed by atoms with Crippen LogP contribution < -0.4 is 16.8 Å². The molecule has 37 heavy (non-hydrogen) atoms. The SMILES string of the molecule is CON=CC(=O)NC1(c2csc(N)n2)S[C@H]2CC(=O)N2C(C(=O)O)=C1CSc1ncc(C(=O)O)c(N)n1. The van der Waals surface area contributed by atoms with Crippen LogP contribution in [0.1, 0.15) is 22.5 Å². The van der Waals surface area contributed by atoms with E-state index in [1.807, 2.05) is 0 Å². The topological polar surface area (TPSA) is 236 Å². The first kappa shape index (κ1) is 26.2. The lowest BCUT2D eigenvalue weighted by Gasteiger charge is -2.51. The quantitative estimate of drug-likeness (QED) is 0.0892. The highest BCUT2D eigenvalue weighted by atomic mass is 32.2. The number of hydrogen-bond donors (Lipinski definition) is 5. The maximum atomic E-state index is 12.8. The van der Waals surface area contributed by atoms with E-state index < -0.39 is 34.0 Å². The average Bonchev–Trinajstić information content (AvgIpc) is 3.27. The number of carboxylic acid groups (broad SMARTS) is 2. The summed E-state index contributed by atoms with van der Waals surface area (Å²) >= 11 is 3.13. The maximum absolute atomic E-state index is 12.8. The largest absolute Gasteiger partial charge is 0.477 e. The molecule has 2 aromatic rings. The van der Waals surface area contributed by atoms with Gasteiger partial charge in [0.15, 0.2) is 15.2 Å². The molecule has 15 nitrogen and oxygen atoms in total. The van der Waals surface area contributed by atoms with Gasteiger partial charge < -0.3 is 31.8 Å². The fraction of sp³-hybridized carbons (Fsp3) is 0.263. The summed E-state index contributed by atoms with van der Waals surface area (Å²) in [4.78, 5) is 65.3. The molecule has 1 saturated heterocycles. The van der Waals surface area contributed by atoms with Crippen molar-refractivity contribution in [1.29, 1.82) is 0 Å². The number of oxime groups is 1. The van der Waals surface area contributed by atoms with Gasteiger partial charge in [-0.2, -0.15) is 0 Å². The van der Waals surface area contributed by atoms with Crippen LogP contribution in [0.25, 0.3) is 0 Å². The summed E-state index contributed by atoms with van der Waals surface area (Å²) in [5.41, 5.74) is 11.3. The number of rotatable bonds is 9. The van der Waals surface area contributed by atoms with E-state index in [0.717, 1.165) is 52.2 Å². The zero-order valence-electron chi connectivity index (χ0n) is 18.8. The number of nitrogens with zero attached hydrogens (tertiary/aromatic N) is 5.